The lowest BCUT2D eigenvalue weighted by atomic mass is 10.1. The second kappa shape index (κ2) is 4.19. The van der Waals surface area contributed by atoms with Crippen LogP contribution in [0, 0.1) is 10.1 Å². The number of halogens is 1. The Kier molecular flexibility index (Phi) is 3.19. The van der Waals surface area contributed by atoms with Crippen LogP contribution in [0.25, 0.3) is 0 Å². The minimum Gasteiger partial charge on any atom is -0.294 e. The fourth-order valence-corrected chi connectivity index (χ4v) is 1.37. The van der Waals surface area contributed by atoms with Crippen molar-refractivity contribution in [3.8, 4) is 0 Å². The van der Waals surface area contributed by atoms with Crippen LogP contribution in [0.3, 0.4) is 0 Å². The van der Waals surface area contributed by atoms with Crippen LogP contribution in [0.15, 0.2) is 18.2 Å². The molecule has 0 aliphatic carbocycles. The molecule has 0 radical (unpaired) electrons. The van der Waals surface area contributed by atoms with Crippen LogP contribution in [0.2, 0.25) is 5.02 Å². The number of nitro groups is 1. The van der Waals surface area contributed by atoms with Gasteiger partial charge in [0.25, 0.3) is 5.69 Å². The van der Waals surface area contributed by atoms with Crippen molar-refractivity contribution < 1.29 is 9.72 Å². The number of ketones is 1. The van der Waals surface area contributed by atoms with Crippen molar-refractivity contribution in [2.75, 3.05) is 0 Å². The van der Waals surface area contributed by atoms with Crippen molar-refractivity contribution in [1.29, 1.82) is 0 Å². The molecule has 74 valence electrons. The Hall–Kier alpha value is -1.42. The molecule has 0 saturated carbocycles. The molecule has 0 saturated heterocycles. The molecule has 0 N–H and O–H groups in total. The molecular weight excluding hydrogens is 206 g/mol. The third-order valence-electron chi connectivity index (χ3n) is 1.80. The van der Waals surface area contributed by atoms with Gasteiger partial charge in [-0.1, -0.05) is 24.6 Å². The third-order valence-corrected chi connectivity index (χ3v) is 2.19. The number of hydrogen-bond donors (Lipinski definition) is 0. The standard InChI is InChI=1S/C9H8ClNO3/c1-2-8(12)6-4-3-5-7(9(6)10)11(13)14/h3-5H,2H2,1H3. The highest BCUT2D eigenvalue weighted by atomic mass is 35.5. The number of Topliss-reactive ketones (excluding diaryl/α,β-unsaturated/α-hetero) is 1. The van der Waals surface area contributed by atoms with Crippen molar-refractivity contribution in [3.63, 3.8) is 0 Å². The van der Waals surface area contributed by atoms with E-state index in [0.717, 1.165) is 0 Å². The predicted octanol–water partition coefficient (Wildman–Crippen LogP) is 2.84. The van der Waals surface area contributed by atoms with Crippen molar-refractivity contribution in [2.24, 2.45) is 0 Å². The molecule has 0 aliphatic rings. The molecule has 0 spiro atoms. The first-order chi connectivity index (χ1) is 6.57. The summed E-state index contributed by atoms with van der Waals surface area (Å²) in [7, 11) is 0. The van der Waals surface area contributed by atoms with Gasteiger partial charge in [-0.05, 0) is 6.07 Å². The van der Waals surface area contributed by atoms with Crippen LogP contribution in [0.4, 0.5) is 5.69 Å². The van der Waals surface area contributed by atoms with E-state index in [0.29, 0.717) is 0 Å². The van der Waals surface area contributed by atoms with E-state index in [4.69, 9.17) is 11.6 Å². The number of hydrogen-bond acceptors (Lipinski definition) is 3. The third kappa shape index (κ3) is 1.90. The van der Waals surface area contributed by atoms with Crippen LogP contribution in [0.5, 0.6) is 0 Å². The molecule has 0 unspecified atom stereocenters. The average molecular weight is 214 g/mol. The fraction of sp³-hybridized carbons (Fsp3) is 0.222. The molecule has 0 aromatic heterocycles. The zero-order chi connectivity index (χ0) is 10.7. The maximum Gasteiger partial charge on any atom is 0.288 e. The van der Waals surface area contributed by atoms with E-state index < -0.39 is 4.92 Å². The molecule has 14 heavy (non-hydrogen) atoms. The first-order valence-electron chi connectivity index (χ1n) is 4.04. The summed E-state index contributed by atoms with van der Waals surface area (Å²) in [6, 6.07) is 4.21. The van der Waals surface area contributed by atoms with Gasteiger partial charge in [0.15, 0.2) is 5.78 Å². The molecule has 0 atom stereocenters. The van der Waals surface area contributed by atoms with Gasteiger partial charge in [0.05, 0.1) is 4.92 Å². The minimum atomic E-state index is -0.602. The number of carbonyl (C=O) groups excluding carboxylic acids is 1. The fourth-order valence-electron chi connectivity index (χ4n) is 1.07. The summed E-state index contributed by atoms with van der Waals surface area (Å²) >= 11 is 5.71. The van der Waals surface area contributed by atoms with E-state index in [9.17, 15) is 14.9 Å². The zero-order valence-corrected chi connectivity index (χ0v) is 8.25. The molecule has 0 heterocycles. The summed E-state index contributed by atoms with van der Waals surface area (Å²) < 4.78 is 0. The van der Waals surface area contributed by atoms with Crippen molar-refractivity contribution >= 4 is 23.1 Å². The molecule has 0 amide bonds. The minimum absolute atomic E-state index is 0.0793. The smallest absolute Gasteiger partial charge is 0.288 e. The average Bonchev–Trinajstić information content (AvgIpc) is 2.16. The molecule has 1 aromatic rings. The second-order valence-corrected chi connectivity index (χ2v) is 3.05. The Bertz CT molecular complexity index is 390. The molecule has 1 rings (SSSR count). The van der Waals surface area contributed by atoms with Crippen molar-refractivity contribution in [2.45, 2.75) is 13.3 Å². The van der Waals surface area contributed by atoms with Crippen LogP contribution in [0.1, 0.15) is 23.7 Å². The first kappa shape index (κ1) is 10.7. The van der Waals surface area contributed by atoms with Gasteiger partial charge in [0.2, 0.25) is 0 Å². The molecule has 0 bridgehead atoms. The van der Waals surface area contributed by atoms with Crippen LogP contribution in [-0.2, 0) is 0 Å². The monoisotopic (exact) mass is 213 g/mol. The molecular formula is C9H8ClNO3. The van der Waals surface area contributed by atoms with Gasteiger partial charge in [-0.15, -0.1) is 0 Å². The summed E-state index contributed by atoms with van der Waals surface area (Å²) in [5, 5.41) is 10.4. The highest BCUT2D eigenvalue weighted by Crippen LogP contribution is 2.28. The van der Waals surface area contributed by atoms with Crippen molar-refractivity contribution in [1.82, 2.24) is 0 Å². The Balaban J connectivity index is 3.27. The number of nitrogens with zero attached hydrogens (tertiary/aromatic N) is 1. The summed E-state index contributed by atoms with van der Waals surface area (Å²) in [5.41, 5.74) is -0.0191. The molecule has 0 aliphatic heterocycles. The Morgan fingerprint density at radius 2 is 2.21 bits per heavy atom. The van der Waals surface area contributed by atoms with E-state index in [1.54, 1.807) is 6.92 Å². The number of benzene rings is 1. The quantitative estimate of drug-likeness (QED) is 0.441. The number of carbonyl (C=O) groups is 1. The van der Waals surface area contributed by atoms with Crippen molar-refractivity contribution in [3.05, 3.63) is 38.9 Å². The largest absolute Gasteiger partial charge is 0.294 e. The van der Waals surface area contributed by atoms with Gasteiger partial charge in [0, 0.05) is 18.1 Å². The second-order valence-electron chi connectivity index (χ2n) is 2.67. The highest BCUT2D eigenvalue weighted by Gasteiger charge is 2.18. The Morgan fingerprint density at radius 3 is 2.71 bits per heavy atom. The lowest BCUT2D eigenvalue weighted by molar-refractivity contribution is -0.384. The predicted molar refractivity (Wildman–Crippen MR) is 52.7 cm³/mol. The lowest BCUT2D eigenvalue weighted by Gasteiger charge is -2.01. The Morgan fingerprint density at radius 1 is 1.57 bits per heavy atom. The topological polar surface area (TPSA) is 60.2 Å². The van der Waals surface area contributed by atoms with Gasteiger partial charge in [0.1, 0.15) is 5.02 Å². The van der Waals surface area contributed by atoms with E-state index in [-0.39, 0.29) is 28.5 Å². The SMILES string of the molecule is CCC(=O)c1cccc([N+](=O)[O-])c1Cl. The summed E-state index contributed by atoms with van der Waals surface area (Å²) in [4.78, 5) is 21.2. The summed E-state index contributed by atoms with van der Waals surface area (Å²) in [6.45, 7) is 1.68. The van der Waals surface area contributed by atoms with Crippen LogP contribution in [-0.4, -0.2) is 10.7 Å². The molecule has 0 fully saturated rings. The summed E-state index contributed by atoms with van der Waals surface area (Å²) in [6.07, 6.45) is 0.279. The van der Waals surface area contributed by atoms with Gasteiger partial charge in [-0.3, -0.25) is 14.9 Å². The van der Waals surface area contributed by atoms with E-state index in [2.05, 4.69) is 0 Å². The van der Waals surface area contributed by atoms with Gasteiger partial charge < -0.3 is 0 Å². The number of nitro benzene ring substituents is 1. The van der Waals surface area contributed by atoms with E-state index in [1.165, 1.54) is 18.2 Å². The molecule has 5 heteroatoms. The molecule has 4 nitrogen and oxygen atoms in total. The van der Waals surface area contributed by atoms with E-state index >= 15 is 0 Å². The lowest BCUT2D eigenvalue weighted by Crippen LogP contribution is -2.00. The normalized spacial score (nSPS) is 9.86. The maximum absolute atomic E-state index is 11.3. The van der Waals surface area contributed by atoms with Gasteiger partial charge >= 0.3 is 0 Å². The van der Waals surface area contributed by atoms with Crippen LogP contribution < -0.4 is 0 Å². The van der Waals surface area contributed by atoms with Gasteiger partial charge in [-0.2, -0.15) is 0 Å². The maximum atomic E-state index is 11.3. The van der Waals surface area contributed by atoms with E-state index in [1.807, 2.05) is 0 Å². The summed E-state index contributed by atoms with van der Waals surface area (Å²) in [5.74, 6) is -0.196. The highest BCUT2D eigenvalue weighted by molar-refractivity contribution is 6.35. The molecule has 1 aromatic carbocycles. The first-order valence-corrected chi connectivity index (χ1v) is 4.41. The van der Waals surface area contributed by atoms with Crippen LogP contribution >= 0.6 is 11.6 Å². The number of rotatable bonds is 3. The Labute approximate surface area is 85.6 Å². The van der Waals surface area contributed by atoms with Gasteiger partial charge in [-0.25, -0.2) is 0 Å². The zero-order valence-electron chi connectivity index (χ0n) is 7.49.